The maximum Gasteiger partial charge on any atom is 0.140 e. The first kappa shape index (κ1) is 9.67. The van der Waals surface area contributed by atoms with Gasteiger partial charge in [-0.15, -0.1) is 0 Å². The van der Waals surface area contributed by atoms with Crippen molar-refractivity contribution >= 4 is 29.3 Å². The highest BCUT2D eigenvalue weighted by Gasteiger charge is 1.96. The predicted molar refractivity (Wildman–Crippen MR) is 55.3 cm³/mol. The third kappa shape index (κ3) is 2.52. The van der Waals surface area contributed by atoms with E-state index in [1.165, 1.54) is 0 Å². The molecule has 1 heterocycles. The lowest BCUT2D eigenvalue weighted by Crippen LogP contribution is -1.93. The fourth-order valence-electron chi connectivity index (χ4n) is 0.768. The molecule has 0 spiro atoms. The Morgan fingerprint density at radius 3 is 2.92 bits per heavy atom. The third-order valence-corrected chi connectivity index (χ3v) is 1.67. The van der Waals surface area contributed by atoms with Crippen LogP contribution in [0.15, 0.2) is 34.8 Å². The molecule has 0 aliphatic carbocycles. The molecule has 0 bridgehead atoms. The van der Waals surface area contributed by atoms with Gasteiger partial charge in [0.25, 0.3) is 0 Å². The molecule has 0 saturated carbocycles. The van der Waals surface area contributed by atoms with Gasteiger partial charge in [0.05, 0.1) is 0 Å². The SMILES string of the molecule is C=NC(=CC(Cl)=NC)n1ccnc1. The average molecular weight is 197 g/mol. The van der Waals surface area contributed by atoms with Crippen molar-refractivity contribution in [2.24, 2.45) is 9.98 Å². The second-order valence-corrected chi connectivity index (χ2v) is 2.56. The summed E-state index contributed by atoms with van der Waals surface area (Å²) in [5, 5.41) is 0.371. The van der Waals surface area contributed by atoms with Crippen LogP contribution in [0.2, 0.25) is 0 Å². The van der Waals surface area contributed by atoms with Crippen LogP contribution in [0.3, 0.4) is 0 Å². The highest BCUT2D eigenvalue weighted by atomic mass is 35.5. The minimum atomic E-state index is 0.371. The Kier molecular flexibility index (Phi) is 3.40. The second kappa shape index (κ2) is 4.57. The van der Waals surface area contributed by atoms with Gasteiger partial charge >= 0.3 is 0 Å². The normalized spacial score (nSPS) is 13.1. The summed E-state index contributed by atoms with van der Waals surface area (Å²) < 4.78 is 1.69. The van der Waals surface area contributed by atoms with Crippen LogP contribution in [-0.4, -0.2) is 28.5 Å². The van der Waals surface area contributed by atoms with Crippen LogP contribution in [0.1, 0.15) is 0 Å². The van der Waals surface area contributed by atoms with E-state index >= 15 is 0 Å². The molecule has 1 aromatic heterocycles. The van der Waals surface area contributed by atoms with E-state index in [2.05, 4.69) is 21.7 Å². The molecule has 0 saturated heterocycles. The summed E-state index contributed by atoms with van der Waals surface area (Å²) in [5.41, 5.74) is 0. The summed E-state index contributed by atoms with van der Waals surface area (Å²) in [6.07, 6.45) is 6.62. The summed E-state index contributed by atoms with van der Waals surface area (Å²) >= 11 is 5.71. The number of hydrogen-bond donors (Lipinski definition) is 0. The molecule has 0 radical (unpaired) electrons. The molecular formula is C8H9ClN4. The minimum absolute atomic E-state index is 0.371. The standard InChI is InChI=1S/C8H9ClN4/c1-10-7(9)5-8(11-2)13-4-3-12-6-13/h3-6H,2H2,1H3. The molecule has 0 aliphatic rings. The number of hydrogen-bond acceptors (Lipinski definition) is 3. The lowest BCUT2D eigenvalue weighted by molar-refractivity contribution is 1.06. The maximum absolute atomic E-state index is 5.71. The molecular weight excluding hydrogens is 188 g/mol. The third-order valence-electron chi connectivity index (χ3n) is 1.39. The van der Waals surface area contributed by atoms with Gasteiger partial charge < -0.3 is 0 Å². The van der Waals surface area contributed by atoms with Gasteiger partial charge in [0.15, 0.2) is 0 Å². The molecule has 0 unspecified atom stereocenters. The van der Waals surface area contributed by atoms with Gasteiger partial charge in [-0.25, -0.2) is 9.98 Å². The monoisotopic (exact) mass is 196 g/mol. The van der Waals surface area contributed by atoms with E-state index in [4.69, 9.17) is 11.6 Å². The number of rotatable bonds is 3. The lowest BCUT2D eigenvalue weighted by Gasteiger charge is -1.99. The van der Waals surface area contributed by atoms with Crippen LogP contribution in [0.5, 0.6) is 0 Å². The van der Waals surface area contributed by atoms with E-state index in [9.17, 15) is 0 Å². The summed E-state index contributed by atoms with van der Waals surface area (Å²) in [5.74, 6) is 0.591. The van der Waals surface area contributed by atoms with E-state index in [0.29, 0.717) is 11.0 Å². The van der Waals surface area contributed by atoms with Gasteiger partial charge in [0, 0.05) is 25.5 Å². The largest absolute Gasteiger partial charge is 0.290 e. The minimum Gasteiger partial charge on any atom is -0.290 e. The van der Waals surface area contributed by atoms with Crippen LogP contribution in [0.25, 0.3) is 5.82 Å². The Morgan fingerprint density at radius 1 is 1.69 bits per heavy atom. The Bertz CT molecular complexity index is 337. The molecule has 5 heteroatoms. The number of imidazole rings is 1. The zero-order valence-electron chi connectivity index (χ0n) is 7.18. The number of nitrogens with zero attached hydrogens (tertiary/aromatic N) is 4. The van der Waals surface area contributed by atoms with Crippen molar-refractivity contribution in [3.05, 3.63) is 24.8 Å². The number of halogens is 1. The molecule has 0 fully saturated rings. The molecule has 0 amide bonds. The van der Waals surface area contributed by atoms with Gasteiger partial charge in [-0.05, 0) is 6.72 Å². The molecule has 68 valence electrons. The van der Waals surface area contributed by atoms with Crippen LogP contribution in [0.4, 0.5) is 0 Å². The van der Waals surface area contributed by atoms with Crippen molar-refractivity contribution in [3.63, 3.8) is 0 Å². The van der Waals surface area contributed by atoms with E-state index in [1.807, 2.05) is 0 Å². The maximum atomic E-state index is 5.71. The van der Waals surface area contributed by atoms with Crippen molar-refractivity contribution in [1.29, 1.82) is 0 Å². The summed E-state index contributed by atoms with van der Waals surface area (Å²) in [6.45, 7) is 3.42. The van der Waals surface area contributed by atoms with E-state index in [0.717, 1.165) is 0 Å². The van der Waals surface area contributed by atoms with Crippen LogP contribution >= 0.6 is 11.6 Å². The predicted octanol–water partition coefficient (Wildman–Crippen LogP) is 1.65. The number of aliphatic imine (C=N–C) groups is 2. The molecule has 0 N–H and O–H groups in total. The van der Waals surface area contributed by atoms with Gasteiger partial charge in [0.2, 0.25) is 0 Å². The smallest absolute Gasteiger partial charge is 0.140 e. The summed E-state index contributed by atoms with van der Waals surface area (Å²) in [4.78, 5) is 11.4. The fraction of sp³-hybridized carbons (Fsp3) is 0.125. The van der Waals surface area contributed by atoms with Crippen LogP contribution in [0, 0.1) is 0 Å². The van der Waals surface area contributed by atoms with E-state index in [1.54, 1.807) is 36.4 Å². The Balaban J connectivity index is 2.99. The summed E-state index contributed by atoms with van der Waals surface area (Å²) in [7, 11) is 1.60. The van der Waals surface area contributed by atoms with Crippen molar-refractivity contribution < 1.29 is 0 Å². The molecule has 1 rings (SSSR count). The topological polar surface area (TPSA) is 42.5 Å². The molecule has 0 aliphatic heterocycles. The van der Waals surface area contributed by atoms with Crippen LogP contribution < -0.4 is 0 Å². The Labute approximate surface area is 81.3 Å². The molecule has 0 atom stereocenters. The van der Waals surface area contributed by atoms with Crippen molar-refractivity contribution in [1.82, 2.24) is 9.55 Å². The second-order valence-electron chi connectivity index (χ2n) is 2.18. The first-order valence-electron chi connectivity index (χ1n) is 3.57. The highest BCUT2D eigenvalue weighted by Crippen LogP contribution is 2.05. The lowest BCUT2D eigenvalue weighted by atomic mass is 10.5. The Morgan fingerprint density at radius 2 is 2.46 bits per heavy atom. The molecule has 4 nitrogen and oxygen atoms in total. The quantitative estimate of drug-likeness (QED) is 0.678. The van der Waals surface area contributed by atoms with Crippen LogP contribution in [-0.2, 0) is 0 Å². The first-order valence-corrected chi connectivity index (χ1v) is 3.94. The Hall–Kier alpha value is -1.42. The average Bonchev–Trinajstić information content (AvgIpc) is 2.66. The first-order chi connectivity index (χ1) is 6.27. The van der Waals surface area contributed by atoms with Gasteiger partial charge in [-0.3, -0.25) is 9.56 Å². The van der Waals surface area contributed by atoms with Gasteiger partial charge in [0.1, 0.15) is 17.3 Å². The number of aromatic nitrogens is 2. The molecule has 0 aromatic carbocycles. The van der Waals surface area contributed by atoms with E-state index in [-0.39, 0.29) is 0 Å². The highest BCUT2D eigenvalue weighted by molar-refractivity contribution is 6.68. The zero-order valence-corrected chi connectivity index (χ0v) is 7.94. The fourth-order valence-corrected chi connectivity index (χ4v) is 0.865. The van der Waals surface area contributed by atoms with E-state index < -0.39 is 0 Å². The van der Waals surface area contributed by atoms with Gasteiger partial charge in [-0.2, -0.15) is 0 Å². The molecule has 1 aromatic rings. The zero-order chi connectivity index (χ0) is 9.68. The van der Waals surface area contributed by atoms with Gasteiger partial charge in [-0.1, -0.05) is 11.6 Å². The van der Waals surface area contributed by atoms with Crippen molar-refractivity contribution in [2.45, 2.75) is 0 Å². The van der Waals surface area contributed by atoms with Crippen molar-refractivity contribution in [3.8, 4) is 0 Å². The summed E-state index contributed by atoms with van der Waals surface area (Å²) in [6, 6.07) is 0. The van der Waals surface area contributed by atoms with Crippen molar-refractivity contribution in [2.75, 3.05) is 7.05 Å². The number of allylic oxidation sites excluding steroid dienone is 1. The molecule has 13 heavy (non-hydrogen) atoms.